The predicted octanol–water partition coefficient (Wildman–Crippen LogP) is 3.74. The summed E-state index contributed by atoms with van der Waals surface area (Å²) < 4.78 is 30.3. The maximum absolute atomic E-state index is 14.3. The van der Waals surface area contributed by atoms with Crippen LogP contribution in [0.2, 0.25) is 0 Å². The van der Waals surface area contributed by atoms with Gasteiger partial charge >= 0.3 is 0 Å². The topological polar surface area (TPSA) is 77.1 Å². The van der Waals surface area contributed by atoms with Gasteiger partial charge in [0.25, 0.3) is 5.91 Å². The van der Waals surface area contributed by atoms with Crippen molar-refractivity contribution < 1.29 is 28.2 Å². The highest BCUT2D eigenvalue weighted by molar-refractivity contribution is 5.95. The number of hydrogen-bond donors (Lipinski definition) is 1. The van der Waals surface area contributed by atoms with Crippen LogP contribution in [0.5, 0.6) is 17.2 Å². The molecule has 2 aliphatic rings. The van der Waals surface area contributed by atoms with E-state index in [2.05, 4.69) is 5.32 Å². The van der Waals surface area contributed by atoms with E-state index < -0.39 is 17.6 Å². The first-order chi connectivity index (χ1) is 17.0. The van der Waals surface area contributed by atoms with E-state index in [1.807, 2.05) is 42.5 Å². The standard InChI is InChI=1S/C27H25FN2O5/c1-33-19-9-7-18(8-10-19)21-14-30(27(32)20-4-2-3-5-23(20)28)15-22(21)26(31)29-13-17-6-11-24-25(12-17)35-16-34-24/h2-12,21-22H,13-16H2,1H3,(H,29,31)/t21-,22-/m1/s1. The Labute approximate surface area is 202 Å². The van der Waals surface area contributed by atoms with Gasteiger partial charge in [0.15, 0.2) is 11.5 Å². The number of nitrogens with zero attached hydrogens (tertiary/aromatic N) is 1. The summed E-state index contributed by atoms with van der Waals surface area (Å²) in [4.78, 5) is 28.0. The van der Waals surface area contributed by atoms with E-state index in [1.165, 1.54) is 12.1 Å². The van der Waals surface area contributed by atoms with Gasteiger partial charge in [-0.3, -0.25) is 9.59 Å². The van der Waals surface area contributed by atoms with Crippen LogP contribution in [0, 0.1) is 11.7 Å². The van der Waals surface area contributed by atoms with E-state index in [0.717, 1.165) is 11.1 Å². The molecule has 0 spiro atoms. The summed E-state index contributed by atoms with van der Waals surface area (Å²) in [7, 11) is 1.59. The first kappa shape index (κ1) is 22.7. The number of amides is 2. The van der Waals surface area contributed by atoms with Crippen LogP contribution in [0.1, 0.15) is 27.4 Å². The molecule has 7 nitrogen and oxygen atoms in total. The number of nitrogens with one attached hydrogen (secondary N) is 1. The lowest BCUT2D eigenvalue weighted by atomic mass is 9.88. The van der Waals surface area contributed by atoms with Crippen LogP contribution in [0.15, 0.2) is 66.7 Å². The Morgan fingerprint density at radius 1 is 1.03 bits per heavy atom. The van der Waals surface area contributed by atoms with Crippen LogP contribution in [0.3, 0.4) is 0 Å². The summed E-state index contributed by atoms with van der Waals surface area (Å²) in [6.45, 7) is 0.990. The molecule has 1 fully saturated rings. The minimum Gasteiger partial charge on any atom is -0.497 e. The Morgan fingerprint density at radius 3 is 2.57 bits per heavy atom. The monoisotopic (exact) mass is 476 g/mol. The fraction of sp³-hybridized carbons (Fsp3) is 0.259. The number of hydrogen-bond acceptors (Lipinski definition) is 5. The van der Waals surface area contributed by atoms with Crippen molar-refractivity contribution in [3.05, 3.63) is 89.2 Å². The van der Waals surface area contributed by atoms with Crippen molar-refractivity contribution >= 4 is 11.8 Å². The zero-order valence-electron chi connectivity index (χ0n) is 19.2. The van der Waals surface area contributed by atoms with E-state index in [0.29, 0.717) is 30.3 Å². The molecule has 35 heavy (non-hydrogen) atoms. The molecule has 2 atom stereocenters. The fourth-order valence-electron chi connectivity index (χ4n) is 4.60. The Kier molecular flexibility index (Phi) is 6.27. The minimum atomic E-state index is -0.575. The molecule has 1 N–H and O–H groups in total. The summed E-state index contributed by atoms with van der Waals surface area (Å²) in [6, 6.07) is 18.9. The summed E-state index contributed by atoms with van der Waals surface area (Å²) in [6.07, 6.45) is 0. The molecule has 0 aromatic heterocycles. The second-order valence-corrected chi connectivity index (χ2v) is 8.58. The lowest BCUT2D eigenvalue weighted by Gasteiger charge is -2.18. The first-order valence-corrected chi connectivity index (χ1v) is 11.4. The number of carbonyl (C=O) groups is 2. The number of methoxy groups -OCH3 is 1. The average molecular weight is 477 g/mol. The van der Waals surface area contributed by atoms with Gasteiger partial charge in [0.05, 0.1) is 18.6 Å². The van der Waals surface area contributed by atoms with Gasteiger partial charge in [-0.1, -0.05) is 30.3 Å². The Hall–Kier alpha value is -4.07. The smallest absolute Gasteiger partial charge is 0.256 e. The number of fused-ring (bicyclic) bond motifs is 1. The van der Waals surface area contributed by atoms with E-state index in [-0.39, 0.29) is 30.7 Å². The summed E-state index contributed by atoms with van der Waals surface area (Å²) >= 11 is 0. The number of likely N-dealkylation sites (tertiary alicyclic amines) is 1. The van der Waals surface area contributed by atoms with Gasteiger partial charge in [-0.05, 0) is 47.5 Å². The third kappa shape index (κ3) is 4.64. The summed E-state index contributed by atoms with van der Waals surface area (Å²) in [5.74, 6) is 0.124. The second-order valence-electron chi connectivity index (χ2n) is 8.58. The average Bonchev–Trinajstić information content (AvgIpc) is 3.54. The quantitative estimate of drug-likeness (QED) is 0.587. The zero-order valence-corrected chi connectivity index (χ0v) is 19.2. The van der Waals surface area contributed by atoms with Crippen molar-refractivity contribution in [2.75, 3.05) is 27.0 Å². The van der Waals surface area contributed by atoms with Gasteiger partial charge in [-0.25, -0.2) is 4.39 Å². The van der Waals surface area contributed by atoms with Crippen LogP contribution in [-0.4, -0.2) is 43.7 Å². The molecule has 0 bridgehead atoms. The molecule has 2 heterocycles. The Balaban J connectivity index is 1.35. The Morgan fingerprint density at radius 2 is 1.80 bits per heavy atom. The fourth-order valence-corrected chi connectivity index (χ4v) is 4.60. The van der Waals surface area contributed by atoms with Crippen LogP contribution >= 0.6 is 0 Å². The first-order valence-electron chi connectivity index (χ1n) is 11.4. The van der Waals surface area contributed by atoms with E-state index in [1.54, 1.807) is 24.1 Å². The third-order valence-corrected chi connectivity index (χ3v) is 6.50. The molecule has 0 radical (unpaired) electrons. The molecule has 1 saturated heterocycles. The van der Waals surface area contributed by atoms with Gasteiger partial charge < -0.3 is 24.4 Å². The molecule has 5 rings (SSSR count). The number of halogens is 1. The molecular formula is C27H25FN2O5. The van der Waals surface area contributed by atoms with Crippen molar-refractivity contribution in [2.45, 2.75) is 12.5 Å². The van der Waals surface area contributed by atoms with Crippen LogP contribution in [-0.2, 0) is 11.3 Å². The van der Waals surface area contributed by atoms with E-state index in [9.17, 15) is 14.0 Å². The summed E-state index contributed by atoms with van der Waals surface area (Å²) in [5.41, 5.74) is 1.79. The van der Waals surface area contributed by atoms with E-state index >= 15 is 0 Å². The van der Waals surface area contributed by atoms with Crippen LogP contribution in [0.4, 0.5) is 4.39 Å². The highest BCUT2D eigenvalue weighted by Crippen LogP contribution is 2.35. The molecule has 180 valence electrons. The normalized spacial score (nSPS) is 18.4. The highest BCUT2D eigenvalue weighted by Gasteiger charge is 2.41. The van der Waals surface area contributed by atoms with Gasteiger partial charge in [0.1, 0.15) is 11.6 Å². The van der Waals surface area contributed by atoms with Crippen molar-refractivity contribution in [1.82, 2.24) is 10.2 Å². The molecule has 2 aliphatic heterocycles. The van der Waals surface area contributed by atoms with Crippen molar-refractivity contribution in [1.29, 1.82) is 0 Å². The van der Waals surface area contributed by atoms with Gasteiger partial charge in [-0.15, -0.1) is 0 Å². The molecule has 3 aromatic carbocycles. The molecule has 2 amide bonds. The van der Waals surface area contributed by atoms with Crippen LogP contribution in [0.25, 0.3) is 0 Å². The molecule has 0 unspecified atom stereocenters. The van der Waals surface area contributed by atoms with Crippen molar-refractivity contribution in [2.24, 2.45) is 5.92 Å². The molecule has 0 aliphatic carbocycles. The number of carbonyl (C=O) groups excluding carboxylic acids is 2. The maximum Gasteiger partial charge on any atom is 0.256 e. The zero-order chi connectivity index (χ0) is 24.4. The largest absolute Gasteiger partial charge is 0.497 e. The van der Waals surface area contributed by atoms with Gasteiger partial charge in [0.2, 0.25) is 12.7 Å². The summed E-state index contributed by atoms with van der Waals surface area (Å²) in [5, 5.41) is 2.99. The van der Waals surface area contributed by atoms with Crippen LogP contribution < -0.4 is 19.5 Å². The molecule has 3 aromatic rings. The van der Waals surface area contributed by atoms with Gasteiger partial charge in [-0.2, -0.15) is 0 Å². The lowest BCUT2D eigenvalue weighted by molar-refractivity contribution is -0.125. The van der Waals surface area contributed by atoms with Crippen molar-refractivity contribution in [3.63, 3.8) is 0 Å². The predicted molar refractivity (Wildman–Crippen MR) is 126 cm³/mol. The van der Waals surface area contributed by atoms with Gasteiger partial charge in [0, 0.05) is 25.6 Å². The van der Waals surface area contributed by atoms with Crippen molar-refractivity contribution in [3.8, 4) is 17.2 Å². The maximum atomic E-state index is 14.3. The molecule has 8 heteroatoms. The Bertz CT molecular complexity index is 1250. The lowest BCUT2D eigenvalue weighted by Crippen LogP contribution is -2.35. The third-order valence-electron chi connectivity index (χ3n) is 6.50. The van der Waals surface area contributed by atoms with E-state index in [4.69, 9.17) is 14.2 Å². The highest BCUT2D eigenvalue weighted by atomic mass is 19.1. The SMILES string of the molecule is COc1ccc([C@H]2CN(C(=O)c3ccccc3F)C[C@H]2C(=O)NCc2ccc3c(c2)OCO3)cc1. The molecule has 0 saturated carbocycles. The second kappa shape index (κ2) is 9.66. The number of benzene rings is 3. The molecular weight excluding hydrogens is 451 g/mol. The number of ether oxygens (including phenoxy) is 3. The number of rotatable bonds is 6. The minimum absolute atomic E-state index is 0.00222.